The van der Waals surface area contributed by atoms with E-state index >= 15 is 0 Å². The van der Waals surface area contributed by atoms with Crippen molar-refractivity contribution in [1.29, 1.82) is 0 Å². The van der Waals surface area contributed by atoms with Crippen LogP contribution in [0.15, 0.2) is 29.6 Å². The van der Waals surface area contributed by atoms with Crippen LogP contribution >= 0.6 is 11.3 Å². The van der Waals surface area contributed by atoms with E-state index in [1.807, 2.05) is 39.6 Å². The van der Waals surface area contributed by atoms with Crippen molar-refractivity contribution in [2.45, 2.75) is 149 Å². The van der Waals surface area contributed by atoms with Crippen molar-refractivity contribution in [2.24, 2.45) is 17.8 Å². The number of likely N-dealkylation sites (tertiary alicyclic amines) is 1. The molecule has 7 atom stereocenters. The van der Waals surface area contributed by atoms with Crippen LogP contribution in [0, 0.1) is 23.6 Å². The number of aromatic nitrogens is 1. The first kappa shape index (κ1) is 47.5. The van der Waals surface area contributed by atoms with Gasteiger partial charge in [0.1, 0.15) is 22.6 Å². The molecular weight excluding hydrogens is 750 g/mol. The quantitative estimate of drug-likeness (QED) is 0.0781. The molecule has 12 nitrogen and oxygen atoms in total. The van der Waals surface area contributed by atoms with E-state index in [1.165, 1.54) is 30.4 Å². The van der Waals surface area contributed by atoms with Gasteiger partial charge in [-0.1, -0.05) is 85.8 Å². The molecule has 1 aromatic carbocycles. The second kappa shape index (κ2) is 23.5. The lowest BCUT2D eigenvalue weighted by molar-refractivity contribution is -0.150. The van der Waals surface area contributed by atoms with Gasteiger partial charge in [-0.15, -0.1) is 11.3 Å². The van der Waals surface area contributed by atoms with E-state index in [9.17, 15) is 33.5 Å². The van der Waals surface area contributed by atoms with Crippen molar-refractivity contribution in [3.8, 4) is 0 Å². The Morgan fingerprint density at radius 3 is 2.32 bits per heavy atom. The molecule has 2 heterocycles. The monoisotopic (exact) mass is 815 g/mol. The van der Waals surface area contributed by atoms with Crippen molar-refractivity contribution in [3.63, 3.8) is 0 Å². The van der Waals surface area contributed by atoms with Crippen LogP contribution in [0.1, 0.15) is 140 Å². The number of unbranched alkanes of at least 4 members (excludes halogenated alkanes) is 3. The van der Waals surface area contributed by atoms with Crippen LogP contribution in [0.4, 0.5) is 4.39 Å². The number of aliphatic carboxylic acids is 1. The molecular formula is C43H66FN5O7S. The van der Waals surface area contributed by atoms with E-state index in [1.54, 1.807) is 24.4 Å². The zero-order chi connectivity index (χ0) is 42.2. The van der Waals surface area contributed by atoms with Crippen LogP contribution < -0.4 is 10.6 Å². The van der Waals surface area contributed by atoms with Crippen LogP contribution in [-0.4, -0.2) is 93.9 Å². The molecule has 1 fully saturated rings. The van der Waals surface area contributed by atoms with Gasteiger partial charge in [-0.2, -0.15) is 0 Å². The van der Waals surface area contributed by atoms with Gasteiger partial charge < -0.3 is 25.4 Å². The lowest BCUT2D eigenvalue weighted by Crippen LogP contribution is -2.59. The van der Waals surface area contributed by atoms with Gasteiger partial charge >= 0.3 is 11.9 Å². The van der Waals surface area contributed by atoms with Crippen molar-refractivity contribution >= 4 is 41.0 Å². The maximum atomic E-state index is 14.8. The molecule has 1 aliphatic rings. The summed E-state index contributed by atoms with van der Waals surface area (Å²) >= 11 is 1.17. The fraction of sp³-hybridized carbons (Fsp3) is 0.674. The number of carbonyl (C=O) groups excluding carboxylic acids is 4. The molecule has 3 amide bonds. The Bertz CT molecular complexity index is 1600. The summed E-state index contributed by atoms with van der Waals surface area (Å²) in [6.07, 6.45) is 6.96. The Morgan fingerprint density at radius 1 is 1.02 bits per heavy atom. The molecule has 14 heteroatoms. The Kier molecular flexibility index (Phi) is 19.6. The maximum absolute atomic E-state index is 14.8. The molecule has 0 spiro atoms. The summed E-state index contributed by atoms with van der Waals surface area (Å²) in [7, 11) is 1.95. The highest BCUT2D eigenvalue weighted by Gasteiger charge is 2.38. The normalized spacial score (nSPS) is 17.8. The third-order valence-corrected chi connectivity index (χ3v) is 12.1. The lowest BCUT2D eigenvalue weighted by atomic mass is 9.91. The van der Waals surface area contributed by atoms with E-state index in [2.05, 4.69) is 27.4 Å². The SMILES string of the molecule is CCCCCCN(C(=O)[C@@H](NC(=O)[C@H]1CCCCN1C)C(C)CC)[C@H](C[C@@H](OC(C)=O)c1nc(C(=O)N[C@@H](Cc2ccc(F)cc2)C[C@H](C)C(=O)O)cs1)C(C)C. The van der Waals surface area contributed by atoms with E-state index in [0.29, 0.717) is 18.0 Å². The number of piperidine rings is 1. The van der Waals surface area contributed by atoms with Crippen molar-refractivity contribution < 1.29 is 38.2 Å². The number of thiazole rings is 1. The van der Waals surface area contributed by atoms with E-state index in [4.69, 9.17) is 4.74 Å². The van der Waals surface area contributed by atoms with Gasteiger partial charge in [0.15, 0.2) is 6.10 Å². The van der Waals surface area contributed by atoms with Gasteiger partial charge in [0.05, 0.1) is 12.0 Å². The summed E-state index contributed by atoms with van der Waals surface area (Å²) in [5.41, 5.74) is 0.818. The number of benzene rings is 1. The number of carbonyl (C=O) groups is 5. The molecule has 2 aromatic rings. The highest BCUT2D eigenvalue weighted by atomic mass is 32.1. The molecule has 0 bridgehead atoms. The van der Waals surface area contributed by atoms with Crippen molar-refractivity contribution in [1.82, 2.24) is 25.4 Å². The predicted molar refractivity (Wildman–Crippen MR) is 220 cm³/mol. The Labute approximate surface area is 342 Å². The summed E-state index contributed by atoms with van der Waals surface area (Å²) < 4.78 is 19.5. The molecule has 3 rings (SSSR count). The summed E-state index contributed by atoms with van der Waals surface area (Å²) in [6, 6.07) is 3.82. The third-order valence-electron chi connectivity index (χ3n) is 11.1. The zero-order valence-corrected chi connectivity index (χ0v) is 36.0. The molecule has 57 heavy (non-hydrogen) atoms. The number of likely N-dealkylation sites (N-methyl/N-ethyl adjacent to an activating group) is 1. The molecule has 1 unspecified atom stereocenters. The van der Waals surface area contributed by atoms with E-state index < -0.39 is 53.8 Å². The average Bonchev–Trinajstić information content (AvgIpc) is 3.67. The number of halogens is 1. The van der Waals surface area contributed by atoms with E-state index in [0.717, 1.165) is 57.1 Å². The van der Waals surface area contributed by atoms with Crippen molar-refractivity contribution in [3.05, 3.63) is 51.7 Å². The number of hydrogen-bond donors (Lipinski definition) is 3. The lowest BCUT2D eigenvalue weighted by Gasteiger charge is -2.40. The zero-order valence-electron chi connectivity index (χ0n) is 35.2. The highest BCUT2D eigenvalue weighted by Crippen LogP contribution is 2.32. The summed E-state index contributed by atoms with van der Waals surface area (Å²) in [5, 5.41) is 17.6. The largest absolute Gasteiger partial charge is 0.481 e. The highest BCUT2D eigenvalue weighted by molar-refractivity contribution is 7.09. The first-order valence-electron chi connectivity index (χ1n) is 20.8. The Balaban J connectivity index is 1.92. The fourth-order valence-corrected chi connectivity index (χ4v) is 8.31. The molecule has 318 valence electrons. The van der Waals surface area contributed by atoms with Gasteiger partial charge in [0, 0.05) is 37.4 Å². The molecule has 1 saturated heterocycles. The number of carboxylic acids is 1. The number of carboxylic acid groups (broad SMARTS) is 1. The van der Waals surface area contributed by atoms with Crippen LogP contribution in [0.2, 0.25) is 0 Å². The van der Waals surface area contributed by atoms with Gasteiger partial charge in [-0.05, 0) is 75.2 Å². The number of esters is 1. The van der Waals surface area contributed by atoms with Crippen LogP contribution in [-0.2, 0) is 30.3 Å². The molecule has 0 saturated carbocycles. The first-order valence-corrected chi connectivity index (χ1v) is 21.7. The first-order chi connectivity index (χ1) is 27.1. The molecule has 1 aromatic heterocycles. The number of rotatable bonds is 23. The van der Waals surface area contributed by atoms with Gasteiger partial charge in [-0.25, -0.2) is 9.37 Å². The van der Waals surface area contributed by atoms with Crippen LogP contribution in [0.3, 0.4) is 0 Å². The van der Waals surface area contributed by atoms with Crippen molar-refractivity contribution in [2.75, 3.05) is 20.1 Å². The van der Waals surface area contributed by atoms with Crippen LogP contribution in [0.5, 0.6) is 0 Å². The maximum Gasteiger partial charge on any atom is 0.306 e. The number of amides is 3. The molecule has 0 aliphatic carbocycles. The predicted octanol–water partition coefficient (Wildman–Crippen LogP) is 7.18. The topological polar surface area (TPSA) is 158 Å². The van der Waals surface area contributed by atoms with Gasteiger partial charge in [-0.3, -0.25) is 28.9 Å². The minimum atomic E-state index is -0.999. The second-order valence-electron chi connectivity index (χ2n) is 16.1. The summed E-state index contributed by atoms with van der Waals surface area (Å²) in [5.74, 6) is -3.69. The number of nitrogens with one attached hydrogen (secondary N) is 2. The van der Waals surface area contributed by atoms with Gasteiger partial charge in [0.25, 0.3) is 5.91 Å². The number of ether oxygens (including phenoxy) is 1. The molecule has 3 N–H and O–H groups in total. The standard InChI is InChI=1S/C43H66FN5O7S/c1-9-11-12-14-22-49(42(53)38(28(5)10-2)47-40(52)35-16-13-15-21-48(35)8)36(27(3)4)25-37(56-30(7)50)41-46-34(26-57-41)39(51)45-33(23-29(6)43(54)55)24-31-17-19-32(44)20-18-31/h17-20,26-29,33,35-38H,9-16,21-25H2,1-8H3,(H,45,51)(H,47,52)(H,54,55)/t28?,29-,33+,35+,36+,37+,38-/m0/s1. The Morgan fingerprint density at radius 2 is 1.72 bits per heavy atom. The fourth-order valence-electron chi connectivity index (χ4n) is 7.47. The van der Waals surface area contributed by atoms with Gasteiger partial charge in [0.2, 0.25) is 11.8 Å². The summed E-state index contributed by atoms with van der Waals surface area (Å²) in [4.78, 5) is 75.0. The Hall–Kier alpha value is -3.91. The van der Waals surface area contributed by atoms with E-state index in [-0.39, 0.29) is 54.6 Å². The third kappa shape index (κ3) is 14.8. The summed E-state index contributed by atoms with van der Waals surface area (Å²) in [6.45, 7) is 14.4. The minimum Gasteiger partial charge on any atom is -0.481 e. The average molecular weight is 816 g/mol. The van der Waals surface area contributed by atoms with Crippen LogP contribution in [0.25, 0.3) is 0 Å². The number of hydrogen-bond acceptors (Lipinski definition) is 9. The number of nitrogens with zero attached hydrogens (tertiary/aromatic N) is 3. The molecule has 0 radical (unpaired) electrons. The minimum absolute atomic E-state index is 0.0675. The second-order valence-corrected chi connectivity index (χ2v) is 17.0. The smallest absolute Gasteiger partial charge is 0.306 e. The molecule has 1 aliphatic heterocycles.